The molecule has 0 bridgehead atoms. The molecule has 8 aromatic heterocycles. The van der Waals surface area contributed by atoms with E-state index in [4.69, 9.17) is 41.3 Å². The second kappa shape index (κ2) is 42.3. The van der Waals surface area contributed by atoms with Crippen molar-refractivity contribution in [1.82, 2.24) is 69.0 Å². The van der Waals surface area contributed by atoms with Crippen molar-refractivity contribution in [3.8, 4) is 51.2 Å². The van der Waals surface area contributed by atoms with E-state index in [0.717, 1.165) is 26.0 Å². The maximum absolute atomic E-state index is 13.2. The van der Waals surface area contributed by atoms with Crippen molar-refractivity contribution in [2.24, 2.45) is 52.4 Å². The third kappa shape index (κ3) is 20.4. The third-order valence-electron chi connectivity index (χ3n) is 22.3. The first-order valence-corrected chi connectivity index (χ1v) is 46.0. The van der Waals surface area contributed by atoms with Crippen molar-refractivity contribution >= 4 is 196 Å². The molecule has 5 amide bonds. The fourth-order valence-electron chi connectivity index (χ4n) is 15.2. The molecule has 0 fully saturated rings. The summed E-state index contributed by atoms with van der Waals surface area (Å²) in [7, 11) is 0. The van der Waals surface area contributed by atoms with E-state index in [2.05, 4.69) is 112 Å². The highest BCUT2D eigenvalue weighted by Gasteiger charge is 2.32. The number of aryl methyl sites for hydroxylation is 1. The highest BCUT2D eigenvalue weighted by atomic mass is 32.1. The van der Waals surface area contributed by atoms with E-state index in [0.29, 0.717) is 76.1 Å². The summed E-state index contributed by atoms with van der Waals surface area (Å²) in [6, 6.07) is 78.2. The summed E-state index contributed by atoms with van der Waals surface area (Å²) in [4.78, 5) is 99.2. The van der Waals surface area contributed by atoms with Crippen LogP contribution in [0.4, 0.5) is 80.1 Å². The summed E-state index contributed by atoms with van der Waals surface area (Å²) < 4.78 is 7.40. The lowest BCUT2D eigenvalue weighted by Gasteiger charge is -2.15. The number of carbonyl (C=O) groups excluding carboxylic acids is 5. The molecule has 0 saturated heterocycles. The van der Waals surface area contributed by atoms with Crippen LogP contribution in [0.1, 0.15) is 89.4 Å². The maximum Gasteiger partial charge on any atom is 0.259 e. The number of nitriles is 1. The monoisotopic (exact) mass is 1990 g/mol. The number of anilines is 3. The van der Waals surface area contributed by atoms with Crippen LogP contribution in [0.25, 0.3) is 100 Å². The van der Waals surface area contributed by atoms with Gasteiger partial charge in [0, 0.05) is 69.0 Å². The first kappa shape index (κ1) is 96.8. The number of benzene rings is 13. The predicted octanol–water partition coefficient (Wildman–Crippen LogP) is 24.5. The fraction of sp³-hybridized carbons (Fsp3) is 0.0472. The van der Waals surface area contributed by atoms with Crippen molar-refractivity contribution in [3.63, 3.8) is 0 Å². The molecule has 0 aliphatic carbocycles. The second-order valence-corrected chi connectivity index (χ2v) is 35.1. The quantitative estimate of drug-likeness (QED) is 0.0253. The number of nitrogens with zero attached hydrogens (tertiary/aromatic N) is 26. The van der Waals surface area contributed by atoms with Crippen LogP contribution in [0, 0.1) is 38.0 Å². The van der Waals surface area contributed by atoms with Gasteiger partial charge in [0.25, 0.3) is 52.6 Å². The minimum absolute atomic E-state index is 0.0111. The first-order valence-electron chi connectivity index (χ1n) is 44.4. The Hall–Kier alpha value is -21.4. The van der Waals surface area contributed by atoms with Crippen LogP contribution >= 0.6 is 22.7 Å². The number of nitrogens with two attached hydrogens (primary N) is 2. The lowest BCUT2D eigenvalue weighted by atomic mass is 9.91. The van der Waals surface area contributed by atoms with Crippen molar-refractivity contribution < 1.29 is 44.4 Å². The number of aromatic nitrogens is 14. The zero-order valence-electron chi connectivity index (χ0n) is 77.8. The van der Waals surface area contributed by atoms with Gasteiger partial charge in [0.2, 0.25) is 16.2 Å². The number of rotatable bonds is 20. The second-order valence-electron chi connectivity index (χ2n) is 33.1. The van der Waals surface area contributed by atoms with E-state index in [-0.39, 0.29) is 126 Å². The minimum Gasteiger partial charge on any atom is -0.505 e. The molecule has 718 valence electrons. The van der Waals surface area contributed by atoms with Gasteiger partial charge in [-0.2, -0.15) is 44.4 Å². The molecular weight excluding hydrogens is 1920 g/mol. The molecule has 8 heterocycles. The number of hydrogen-bond acceptors (Lipinski definition) is 30. The van der Waals surface area contributed by atoms with Crippen LogP contribution in [-0.2, 0) is 5.41 Å². The molecule has 148 heavy (non-hydrogen) atoms. The van der Waals surface area contributed by atoms with Gasteiger partial charge in [-0.3, -0.25) is 24.0 Å². The molecule has 0 spiro atoms. The summed E-state index contributed by atoms with van der Waals surface area (Å²) in [5.74, 6) is -3.74. The SMILES string of the molecule is Cc1ccc(NC(=O)c2cc3ccccc3c(N=Nc3c(C#N)cnn3-c3ncccn3)c2O)cc1.[C-]#[N+]c1c(C(C)(C)C)nn(-c2nc3ccccc3s2)c1N=Nc1c(O)c(C(=O)Nc2ccccc2)cc2ccccc12.[C-]#[N+]c1cnn(-c2nc3ccccc3s2)c1N=Nc1c(O)c(C(=O)Nc2ccccc2)cc2ccccc12.[C-]#[N+]c1cnn(-c2ncccn2)c1N=Nc1c(O)c(C(N)=O)cc2cc(C(N)=O)ccc12. The van der Waals surface area contributed by atoms with Crippen molar-refractivity contribution in [3.05, 3.63) is 383 Å². The van der Waals surface area contributed by atoms with Crippen molar-refractivity contribution in [1.29, 1.82) is 5.26 Å². The standard InChI is InChI=1S/C32H25N7O2S.C28H17N7O2S.C26H18N8O2.C20H13N9O3/c1-32(2,3)28-26(33-4)29(39(38-28)31-35-23-16-10-11-17-24(23)42-31)37-36-25-21-15-9-8-12-19(21)18-22(27(25)40)30(41)34-20-13-6-5-7-14-20;1-29-22-16-30-35(28-32-21-13-7-8-14-23(21)38-28)26(22)34-33-24-19-12-6-5-9-17(19)15-20(25(24)36)27(37)31-18-10-3-2-4-11-18;1-16-7-9-19(10-8-16)31-25(36)21-13-17-5-2-3-6-20(17)22(23(21)35)32-33-24-18(14-27)15-30-34(24)26-28-11-4-12-29-26;1-23-14-9-26-29(20-24-5-2-6-25-20)19(14)28-27-15-12-4-3-10(17(21)31)7-11(12)8-13(16(15)30)18(22)32/h5-18,40H,1-3H3,(H,34,41);2-16,36H,(H,31,37);2-13,15,35H,1H3,(H,31,36);2-9,30H,(H2,21,31)(H2,22,32). The normalized spacial score (nSPS) is 11.3. The summed E-state index contributed by atoms with van der Waals surface area (Å²) in [6.45, 7) is 30.8. The van der Waals surface area contributed by atoms with E-state index >= 15 is 0 Å². The van der Waals surface area contributed by atoms with E-state index in [1.54, 1.807) is 115 Å². The van der Waals surface area contributed by atoms with Gasteiger partial charge in [-0.25, -0.2) is 44.4 Å². The Kier molecular flexibility index (Phi) is 27.7. The van der Waals surface area contributed by atoms with E-state index in [1.807, 2.05) is 155 Å². The molecule has 11 N–H and O–H groups in total. The number of hydrogen-bond donors (Lipinski definition) is 9. The number of aromatic hydroxyl groups is 4. The van der Waals surface area contributed by atoms with Gasteiger partial charge in [0.05, 0.1) is 86.7 Å². The number of nitrogens with one attached hydrogen (secondary N) is 3. The summed E-state index contributed by atoms with van der Waals surface area (Å²) in [6.07, 6.45) is 10.1. The topological polar surface area (TPSA) is 539 Å². The summed E-state index contributed by atoms with van der Waals surface area (Å²) in [5, 5.41) is 119. The Morgan fingerprint density at radius 3 is 1.21 bits per heavy atom. The molecule has 0 aliphatic heterocycles. The Morgan fingerprint density at radius 1 is 0.399 bits per heavy atom. The lowest BCUT2D eigenvalue weighted by Crippen LogP contribution is -2.12. The zero-order valence-corrected chi connectivity index (χ0v) is 79.4. The molecule has 21 aromatic rings. The fourth-order valence-corrected chi connectivity index (χ4v) is 17.0. The highest BCUT2D eigenvalue weighted by Crippen LogP contribution is 2.49. The van der Waals surface area contributed by atoms with Crippen LogP contribution in [0.5, 0.6) is 23.0 Å². The third-order valence-corrected chi connectivity index (χ3v) is 24.4. The number of primary amides is 2. The van der Waals surface area contributed by atoms with Gasteiger partial charge in [-0.15, -0.1) is 40.9 Å². The van der Waals surface area contributed by atoms with E-state index in [1.165, 1.54) is 109 Å². The Balaban J connectivity index is 0.000000130. The molecule has 13 aromatic carbocycles. The van der Waals surface area contributed by atoms with Crippen LogP contribution in [-0.4, -0.2) is 119 Å². The van der Waals surface area contributed by atoms with Gasteiger partial charge in [-0.1, -0.05) is 201 Å². The van der Waals surface area contributed by atoms with Gasteiger partial charge in [-0.05, 0) is 143 Å². The summed E-state index contributed by atoms with van der Waals surface area (Å²) in [5.41, 5.74) is 16.1. The van der Waals surface area contributed by atoms with Gasteiger partial charge < -0.3 is 47.8 Å². The Bertz CT molecular complexity index is 9080. The average molecular weight is 1990 g/mol. The first-order chi connectivity index (χ1) is 71.8. The lowest BCUT2D eigenvalue weighted by molar-refractivity contribution is 0.0990. The molecule has 21 rings (SSSR count). The molecule has 0 unspecified atom stereocenters. The smallest absolute Gasteiger partial charge is 0.259 e. The largest absolute Gasteiger partial charge is 0.505 e. The van der Waals surface area contributed by atoms with Crippen LogP contribution < -0.4 is 27.4 Å². The van der Waals surface area contributed by atoms with Crippen LogP contribution in [0.2, 0.25) is 0 Å². The Morgan fingerprint density at radius 2 is 0.777 bits per heavy atom. The zero-order chi connectivity index (χ0) is 103. The highest BCUT2D eigenvalue weighted by molar-refractivity contribution is 7.21. The van der Waals surface area contributed by atoms with Gasteiger partial charge in [0.15, 0.2) is 46.3 Å². The molecular formula is C106H73N31O9S2. The molecule has 0 atom stereocenters. The number of para-hydroxylation sites is 4. The average Bonchev–Trinajstić information content (AvgIpc) is 1.61. The molecule has 42 heteroatoms. The molecule has 40 nitrogen and oxygen atoms in total. The number of phenols is 4. The maximum atomic E-state index is 13.2. The van der Waals surface area contributed by atoms with Crippen molar-refractivity contribution in [2.45, 2.75) is 33.1 Å². The predicted molar refractivity (Wildman–Crippen MR) is 558 cm³/mol. The van der Waals surface area contributed by atoms with Gasteiger partial charge in [0.1, 0.15) is 34.4 Å². The summed E-state index contributed by atoms with van der Waals surface area (Å²) >= 11 is 2.83. The number of phenolic OH excluding ortho intramolecular Hbond substituents is 3. The number of carbonyl (C=O) groups is 5. The minimum atomic E-state index is -0.907. The number of fused-ring (bicyclic) bond motifs is 6. The van der Waals surface area contributed by atoms with Crippen LogP contribution in [0.15, 0.2) is 345 Å². The number of azo groups is 4. The molecule has 0 saturated carbocycles. The van der Waals surface area contributed by atoms with Crippen LogP contribution in [0.3, 0.4) is 0 Å². The van der Waals surface area contributed by atoms with Crippen molar-refractivity contribution in [2.75, 3.05) is 16.0 Å². The number of amides is 5. The van der Waals surface area contributed by atoms with E-state index < -0.39 is 40.7 Å². The molecule has 0 aliphatic rings. The number of thiazole rings is 2. The van der Waals surface area contributed by atoms with E-state index in [9.17, 15) is 49.7 Å². The van der Waals surface area contributed by atoms with Gasteiger partial charge >= 0.3 is 0 Å². The Labute approximate surface area is 845 Å². The molecule has 0 radical (unpaired) electrons.